The minimum Gasteiger partial charge on any atom is -0.330 e. The van der Waals surface area contributed by atoms with Crippen molar-refractivity contribution >= 4 is 0 Å². The van der Waals surface area contributed by atoms with Gasteiger partial charge in [-0.1, -0.05) is 6.92 Å². The zero-order valence-electron chi connectivity index (χ0n) is 9.32. The maximum absolute atomic E-state index is 4.24. The first-order chi connectivity index (χ1) is 7.33. The molecule has 3 nitrogen and oxygen atoms in total. The number of aromatic nitrogens is 2. The highest BCUT2D eigenvalue weighted by atomic mass is 15.1. The molecule has 1 heterocycles. The third-order valence-electron chi connectivity index (χ3n) is 3.63. The van der Waals surface area contributed by atoms with Crippen molar-refractivity contribution in [2.24, 2.45) is 5.92 Å². The maximum atomic E-state index is 4.24. The largest absolute Gasteiger partial charge is 0.330 e. The van der Waals surface area contributed by atoms with Crippen LogP contribution >= 0.6 is 0 Å². The fourth-order valence-electron chi connectivity index (χ4n) is 2.47. The van der Waals surface area contributed by atoms with Crippen LogP contribution in [0.3, 0.4) is 0 Å². The summed E-state index contributed by atoms with van der Waals surface area (Å²) in [6.07, 6.45) is 9.36. The van der Waals surface area contributed by atoms with Gasteiger partial charge in [0, 0.05) is 24.8 Å². The van der Waals surface area contributed by atoms with Gasteiger partial charge in [0.05, 0.1) is 12.0 Å². The molecule has 0 aliphatic heterocycles. The lowest BCUT2D eigenvalue weighted by molar-refractivity contribution is 0.239. The maximum Gasteiger partial charge on any atom is 0.0951 e. The van der Waals surface area contributed by atoms with Gasteiger partial charge in [-0.05, 0) is 31.6 Å². The van der Waals surface area contributed by atoms with Crippen LogP contribution in [-0.4, -0.2) is 15.6 Å². The van der Waals surface area contributed by atoms with Crippen LogP contribution in [0.5, 0.6) is 0 Å². The number of nitrogens with one attached hydrogen (secondary N) is 1. The summed E-state index contributed by atoms with van der Waals surface area (Å²) in [7, 11) is 0. The lowest BCUT2D eigenvalue weighted by Gasteiger charge is -2.33. The lowest BCUT2D eigenvalue weighted by atomic mass is 9.82. The van der Waals surface area contributed by atoms with Crippen LogP contribution in [0.1, 0.15) is 44.3 Å². The van der Waals surface area contributed by atoms with E-state index in [9.17, 15) is 0 Å². The van der Waals surface area contributed by atoms with Gasteiger partial charge < -0.3 is 9.88 Å². The summed E-state index contributed by atoms with van der Waals surface area (Å²) in [5.41, 5.74) is 1.36. The quantitative estimate of drug-likeness (QED) is 0.816. The minimum absolute atomic E-state index is 0.752. The van der Waals surface area contributed by atoms with E-state index in [4.69, 9.17) is 0 Å². The molecule has 0 spiro atoms. The second kappa shape index (κ2) is 3.63. The summed E-state index contributed by atoms with van der Waals surface area (Å²) in [5.74, 6) is 0.927. The van der Waals surface area contributed by atoms with Crippen LogP contribution < -0.4 is 5.32 Å². The van der Waals surface area contributed by atoms with E-state index in [1.165, 1.54) is 31.4 Å². The summed E-state index contributed by atoms with van der Waals surface area (Å²) in [5, 5.41) is 3.61. The van der Waals surface area contributed by atoms with E-state index in [0.29, 0.717) is 0 Å². The Morgan fingerprint density at radius 1 is 1.47 bits per heavy atom. The molecular formula is C12H19N3. The number of rotatable bonds is 4. The van der Waals surface area contributed by atoms with Crippen LogP contribution in [0.25, 0.3) is 0 Å². The van der Waals surface area contributed by atoms with Crippen LogP contribution in [-0.2, 0) is 6.54 Å². The Bertz CT molecular complexity index is 334. The van der Waals surface area contributed by atoms with E-state index < -0.39 is 0 Å². The zero-order valence-corrected chi connectivity index (χ0v) is 9.32. The molecule has 0 atom stereocenters. The molecule has 0 radical (unpaired) electrons. The first-order valence-corrected chi connectivity index (χ1v) is 6.07. The van der Waals surface area contributed by atoms with Gasteiger partial charge in [0.1, 0.15) is 0 Å². The summed E-state index contributed by atoms with van der Waals surface area (Å²) < 4.78 is 2.34. The van der Waals surface area contributed by atoms with Crippen molar-refractivity contribution in [3.8, 4) is 0 Å². The molecule has 2 aliphatic rings. The molecule has 2 saturated carbocycles. The van der Waals surface area contributed by atoms with Gasteiger partial charge in [0.2, 0.25) is 0 Å². The predicted octanol–water partition coefficient (Wildman–Crippen LogP) is 2.11. The average Bonchev–Trinajstić information content (AvgIpc) is 2.92. The molecule has 3 rings (SSSR count). The first kappa shape index (κ1) is 9.40. The molecule has 82 valence electrons. The molecule has 1 N–H and O–H groups in total. The van der Waals surface area contributed by atoms with Crippen molar-refractivity contribution in [2.75, 3.05) is 0 Å². The minimum atomic E-state index is 0.752. The summed E-state index contributed by atoms with van der Waals surface area (Å²) >= 11 is 0. The Morgan fingerprint density at radius 3 is 2.93 bits per heavy atom. The fraction of sp³-hybridized carbons (Fsp3) is 0.750. The van der Waals surface area contributed by atoms with E-state index in [-0.39, 0.29) is 0 Å². The molecular weight excluding hydrogens is 186 g/mol. The monoisotopic (exact) mass is 205 g/mol. The molecule has 2 aliphatic carbocycles. The van der Waals surface area contributed by atoms with E-state index in [1.54, 1.807) is 0 Å². The molecule has 1 aromatic heterocycles. The van der Waals surface area contributed by atoms with Gasteiger partial charge >= 0.3 is 0 Å². The third kappa shape index (κ3) is 1.93. The van der Waals surface area contributed by atoms with Crippen molar-refractivity contribution in [1.82, 2.24) is 14.9 Å². The Balaban J connectivity index is 1.55. The Morgan fingerprint density at radius 2 is 2.27 bits per heavy atom. The highest BCUT2D eigenvalue weighted by molar-refractivity contribution is 5.03. The van der Waals surface area contributed by atoms with Crippen molar-refractivity contribution in [1.29, 1.82) is 0 Å². The van der Waals surface area contributed by atoms with Gasteiger partial charge in [0.25, 0.3) is 0 Å². The molecule has 15 heavy (non-hydrogen) atoms. The molecule has 1 aromatic rings. The SMILES string of the molecule is CC1CC(NCc2cncn2C2CC2)C1. The summed E-state index contributed by atoms with van der Waals surface area (Å²) in [6.45, 7) is 3.32. The number of hydrogen-bond donors (Lipinski definition) is 1. The second-order valence-corrected chi connectivity index (χ2v) is 5.18. The van der Waals surface area contributed by atoms with Gasteiger partial charge in [0.15, 0.2) is 0 Å². The third-order valence-corrected chi connectivity index (χ3v) is 3.63. The Hall–Kier alpha value is -0.830. The number of hydrogen-bond acceptors (Lipinski definition) is 2. The first-order valence-electron chi connectivity index (χ1n) is 6.07. The number of nitrogens with zero attached hydrogens (tertiary/aromatic N) is 2. The lowest BCUT2D eigenvalue weighted by Crippen LogP contribution is -2.39. The number of imidazole rings is 1. The standard InChI is InChI=1S/C12H19N3/c1-9-4-10(5-9)14-7-12-6-13-8-15(12)11-2-3-11/h6,8-11,14H,2-5,7H2,1H3. The van der Waals surface area contributed by atoms with Gasteiger partial charge in [-0.3, -0.25) is 0 Å². The van der Waals surface area contributed by atoms with Crippen molar-refractivity contribution in [3.63, 3.8) is 0 Å². The molecule has 0 unspecified atom stereocenters. The van der Waals surface area contributed by atoms with Crippen LogP contribution in [0, 0.1) is 5.92 Å². The molecule has 0 amide bonds. The molecule has 0 bridgehead atoms. The van der Waals surface area contributed by atoms with Gasteiger partial charge in [-0.25, -0.2) is 4.98 Å². The summed E-state index contributed by atoms with van der Waals surface area (Å²) in [4.78, 5) is 4.24. The highest BCUT2D eigenvalue weighted by Gasteiger charge is 2.27. The predicted molar refractivity (Wildman–Crippen MR) is 59.5 cm³/mol. The molecule has 3 heteroatoms. The summed E-state index contributed by atoms with van der Waals surface area (Å²) in [6, 6.07) is 1.51. The highest BCUT2D eigenvalue weighted by Crippen LogP contribution is 2.35. The van der Waals surface area contributed by atoms with E-state index in [0.717, 1.165) is 24.5 Å². The van der Waals surface area contributed by atoms with Gasteiger partial charge in [-0.15, -0.1) is 0 Å². The van der Waals surface area contributed by atoms with Gasteiger partial charge in [-0.2, -0.15) is 0 Å². The van der Waals surface area contributed by atoms with Crippen molar-refractivity contribution in [2.45, 2.75) is 51.2 Å². The smallest absolute Gasteiger partial charge is 0.0951 e. The van der Waals surface area contributed by atoms with Crippen molar-refractivity contribution in [3.05, 3.63) is 18.2 Å². The second-order valence-electron chi connectivity index (χ2n) is 5.18. The Labute approximate surface area is 90.9 Å². The van der Waals surface area contributed by atoms with E-state index >= 15 is 0 Å². The average molecular weight is 205 g/mol. The Kier molecular flexibility index (Phi) is 2.28. The molecule has 0 saturated heterocycles. The molecule has 2 fully saturated rings. The van der Waals surface area contributed by atoms with Crippen molar-refractivity contribution < 1.29 is 0 Å². The van der Waals surface area contributed by atoms with Crippen LogP contribution in [0.15, 0.2) is 12.5 Å². The zero-order chi connectivity index (χ0) is 10.3. The van der Waals surface area contributed by atoms with Crippen LogP contribution in [0.2, 0.25) is 0 Å². The van der Waals surface area contributed by atoms with E-state index in [2.05, 4.69) is 21.8 Å². The van der Waals surface area contributed by atoms with Crippen LogP contribution in [0.4, 0.5) is 0 Å². The molecule has 0 aromatic carbocycles. The topological polar surface area (TPSA) is 29.9 Å². The normalized spacial score (nSPS) is 30.2. The fourth-order valence-corrected chi connectivity index (χ4v) is 2.47. The van der Waals surface area contributed by atoms with E-state index in [1.807, 2.05) is 12.5 Å².